The van der Waals surface area contributed by atoms with Gasteiger partial charge in [-0.25, -0.2) is 0 Å². The normalized spacial score (nSPS) is 19.3. The maximum Gasteiger partial charge on any atom is 0.177 e. The Hall–Kier alpha value is -1.38. The summed E-state index contributed by atoms with van der Waals surface area (Å²) < 4.78 is 11.7. The Morgan fingerprint density at radius 2 is 1.57 bits per heavy atom. The highest BCUT2D eigenvalue weighted by molar-refractivity contribution is 5.37. The zero-order valence-electron chi connectivity index (χ0n) is 19.6. The number of ether oxygens (including phenoxy) is 2. The topological polar surface area (TPSA) is 18.5 Å². The van der Waals surface area contributed by atoms with Crippen LogP contribution in [-0.4, -0.2) is 18.5 Å². The lowest BCUT2D eigenvalue weighted by Gasteiger charge is -2.32. The third-order valence-corrected chi connectivity index (χ3v) is 4.99. The first-order valence-electron chi connectivity index (χ1n) is 10.7. The van der Waals surface area contributed by atoms with Crippen molar-refractivity contribution in [2.45, 2.75) is 100 Å². The summed E-state index contributed by atoms with van der Waals surface area (Å²) in [7, 11) is 0. The quantitative estimate of drug-likeness (QED) is 0.298. The van der Waals surface area contributed by atoms with Crippen LogP contribution >= 0.6 is 0 Å². The van der Waals surface area contributed by atoms with Gasteiger partial charge in [0.1, 0.15) is 0 Å². The number of allylic oxidation sites excluding steroid dienone is 9. The zero-order valence-corrected chi connectivity index (χ0v) is 19.6. The predicted octanol–water partition coefficient (Wildman–Crippen LogP) is 7.69. The van der Waals surface area contributed by atoms with E-state index in [2.05, 4.69) is 65.0 Å². The minimum Gasteiger partial charge on any atom is -0.346 e. The van der Waals surface area contributed by atoms with Crippen LogP contribution in [0.5, 0.6) is 0 Å². The van der Waals surface area contributed by atoms with E-state index in [1.807, 2.05) is 33.8 Å². The number of hydrogen-bond donors (Lipinski definition) is 0. The minimum atomic E-state index is -0.307. The molecule has 0 radical (unpaired) electrons. The molecule has 0 spiro atoms. The highest BCUT2D eigenvalue weighted by Gasteiger charge is 2.26. The first-order valence-corrected chi connectivity index (χ1v) is 10.7. The highest BCUT2D eigenvalue weighted by atomic mass is 16.7. The lowest BCUT2D eigenvalue weighted by Crippen LogP contribution is -2.22. The molecule has 0 bridgehead atoms. The number of hydrogen-bond acceptors (Lipinski definition) is 2. The monoisotopic (exact) mass is 386 g/mol. The van der Waals surface area contributed by atoms with Gasteiger partial charge in [0.05, 0.1) is 12.2 Å². The van der Waals surface area contributed by atoms with Gasteiger partial charge in [0.25, 0.3) is 0 Å². The van der Waals surface area contributed by atoms with Gasteiger partial charge in [-0.05, 0) is 84.8 Å². The molecule has 0 aromatic carbocycles. The second kappa shape index (κ2) is 11.6. The van der Waals surface area contributed by atoms with Gasteiger partial charge < -0.3 is 9.47 Å². The molecule has 0 atom stereocenters. The van der Waals surface area contributed by atoms with Crippen LogP contribution in [0, 0.1) is 5.41 Å². The van der Waals surface area contributed by atoms with Crippen LogP contribution in [0.25, 0.3) is 0 Å². The van der Waals surface area contributed by atoms with Crippen molar-refractivity contribution in [2.24, 2.45) is 5.41 Å². The van der Waals surface area contributed by atoms with E-state index in [-0.39, 0.29) is 23.9 Å². The first-order chi connectivity index (χ1) is 13.0. The summed E-state index contributed by atoms with van der Waals surface area (Å²) in [5, 5.41) is 0. The van der Waals surface area contributed by atoms with Crippen LogP contribution in [0.3, 0.4) is 0 Å². The Bertz CT molecular complexity index is 629. The molecule has 0 N–H and O–H groups in total. The molecule has 28 heavy (non-hydrogen) atoms. The van der Waals surface area contributed by atoms with Crippen LogP contribution in [0.15, 0.2) is 58.7 Å². The Morgan fingerprint density at radius 3 is 2.11 bits per heavy atom. The third kappa shape index (κ3) is 9.21. The van der Waals surface area contributed by atoms with E-state index in [0.717, 1.165) is 5.57 Å². The largest absolute Gasteiger partial charge is 0.346 e. The van der Waals surface area contributed by atoms with E-state index in [1.165, 1.54) is 36.0 Å². The van der Waals surface area contributed by atoms with Crippen molar-refractivity contribution in [1.29, 1.82) is 0 Å². The molecule has 0 fully saturated rings. The molecule has 2 heteroatoms. The van der Waals surface area contributed by atoms with E-state index in [0.29, 0.717) is 0 Å². The SMILES string of the molecule is CC(C=CC1=C(C)CCCC1(C)C)=CC=CC(C)=CC(OC(C)C)OC(C)C. The Morgan fingerprint density at radius 1 is 0.964 bits per heavy atom. The predicted molar refractivity (Wildman–Crippen MR) is 122 cm³/mol. The molecule has 0 heterocycles. The molecule has 1 rings (SSSR count). The molecule has 0 aliphatic heterocycles. The smallest absolute Gasteiger partial charge is 0.177 e. The molecule has 0 aromatic rings. The van der Waals surface area contributed by atoms with Crippen molar-refractivity contribution in [3.8, 4) is 0 Å². The van der Waals surface area contributed by atoms with Gasteiger partial charge in [-0.3, -0.25) is 0 Å². The van der Waals surface area contributed by atoms with Crippen LogP contribution in [0.4, 0.5) is 0 Å². The van der Waals surface area contributed by atoms with Gasteiger partial charge in [0.15, 0.2) is 6.29 Å². The molecule has 0 saturated heterocycles. The van der Waals surface area contributed by atoms with Gasteiger partial charge >= 0.3 is 0 Å². The summed E-state index contributed by atoms with van der Waals surface area (Å²) in [6.45, 7) is 19.3. The Labute approximate surface area is 174 Å². The lowest BCUT2D eigenvalue weighted by atomic mass is 9.72. The fraction of sp³-hybridized carbons (Fsp3) is 0.615. The van der Waals surface area contributed by atoms with Gasteiger partial charge in [-0.2, -0.15) is 0 Å². The van der Waals surface area contributed by atoms with E-state index < -0.39 is 0 Å². The fourth-order valence-electron chi connectivity index (χ4n) is 3.55. The van der Waals surface area contributed by atoms with Crippen molar-refractivity contribution in [2.75, 3.05) is 0 Å². The summed E-state index contributed by atoms with van der Waals surface area (Å²) in [6, 6.07) is 0. The Kier molecular flexibility index (Phi) is 10.2. The molecule has 0 aromatic heterocycles. The van der Waals surface area contributed by atoms with Crippen LogP contribution < -0.4 is 0 Å². The summed E-state index contributed by atoms with van der Waals surface area (Å²) >= 11 is 0. The van der Waals surface area contributed by atoms with Crippen molar-refractivity contribution < 1.29 is 9.47 Å². The average Bonchev–Trinajstić information content (AvgIpc) is 2.52. The van der Waals surface area contributed by atoms with Crippen molar-refractivity contribution in [3.63, 3.8) is 0 Å². The van der Waals surface area contributed by atoms with Gasteiger partial charge in [0.2, 0.25) is 0 Å². The van der Waals surface area contributed by atoms with Gasteiger partial charge in [-0.1, -0.05) is 60.9 Å². The number of rotatable bonds is 9. The highest BCUT2D eigenvalue weighted by Crippen LogP contribution is 2.40. The summed E-state index contributed by atoms with van der Waals surface area (Å²) in [4.78, 5) is 0. The summed E-state index contributed by atoms with van der Waals surface area (Å²) in [6.07, 6.45) is 16.7. The summed E-state index contributed by atoms with van der Waals surface area (Å²) in [5.74, 6) is 0. The second-order valence-electron chi connectivity index (χ2n) is 9.18. The molecule has 1 aliphatic carbocycles. The Balaban J connectivity index is 2.78. The molecule has 0 unspecified atom stereocenters. The second-order valence-corrected chi connectivity index (χ2v) is 9.18. The van der Waals surface area contributed by atoms with E-state index in [9.17, 15) is 0 Å². The standard InChI is InChI=1S/C26H42O2/c1-19(2)27-25(28-20(3)4)18-22(6)13-10-12-21(5)15-16-24-23(7)14-11-17-26(24,8)9/h10,12-13,15-16,18-20,25H,11,14,17H2,1-9H3. The van der Waals surface area contributed by atoms with Crippen molar-refractivity contribution >= 4 is 0 Å². The molecule has 158 valence electrons. The maximum atomic E-state index is 5.83. The van der Waals surface area contributed by atoms with Crippen molar-refractivity contribution in [3.05, 3.63) is 58.7 Å². The van der Waals surface area contributed by atoms with Crippen LogP contribution in [-0.2, 0) is 9.47 Å². The fourth-order valence-corrected chi connectivity index (χ4v) is 3.55. The molecular weight excluding hydrogens is 344 g/mol. The molecule has 2 nitrogen and oxygen atoms in total. The van der Waals surface area contributed by atoms with Gasteiger partial charge in [-0.15, -0.1) is 0 Å². The van der Waals surface area contributed by atoms with Crippen LogP contribution in [0.1, 0.15) is 81.6 Å². The molecule has 1 aliphatic rings. The summed E-state index contributed by atoms with van der Waals surface area (Å²) in [5.41, 5.74) is 5.71. The molecular formula is C26H42O2. The van der Waals surface area contributed by atoms with Crippen molar-refractivity contribution in [1.82, 2.24) is 0 Å². The minimum absolute atomic E-state index is 0.130. The molecule has 0 saturated carbocycles. The van der Waals surface area contributed by atoms with Gasteiger partial charge in [0, 0.05) is 0 Å². The van der Waals surface area contributed by atoms with E-state index in [1.54, 1.807) is 0 Å². The third-order valence-electron chi connectivity index (χ3n) is 4.99. The lowest BCUT2D eigenvalue weighted by molar-refractivity contribution is -0.152. The van der Waals surface area contributed by atoms with E-state index in [4.69, 9.17) is 9.47 Å². The average molecular weight is 387 g/mol. The van der Waals surface area contributed by atoms with Crippen LogP contribution in [0.2, 0.25) is 0 Å². The van der Waals surface area contributed by atoms with E-state index >= 15 is 0 Å². The first kappa shape index (κ1) is 24.7. The zero-order chi connectivity index (χ0) is 21.3. The molecule has 0 amide bonds. The maximum absolute atomic E-state index is 5.83.